The van der Waals surface area contributed by atoms with Crippen molar-refractivity contribution in [2.45, 2.75) is 65.8 Å². The van der Waals surface area contributed by atoms with Gasteiger partial charge in [-0.1, -0.05) is 58.7 Å². The number of hydrogen-bond acceptors (Lipinski definition) is 6. The summed E-state index contributed by atoms with van der Waals surface area (Å²) in [5, 5.41) is 0. The summed E-state index contributed by atoms with van der Waals surface area (Å²) in [5.41, 5.74) is 5.27. The van der Waals surface area contributed by atoms with Crippen molar-refractivity contribution in [3.8, 4) is 34.1 Å². The summed E-state index contributed by atoms with van der Waals surface area (Å²) >= 11 is 0. The highest BCUT2D eigenvalue weighted by atomic mass is 16.5. The average Bonchev–Trinajstić information content (AvgIpc) is 3.40. The first-order valence-electron chi connectivity index (χ1n) is 14.4. The highest BCUT2D eigenvalue weighted by molar-refractivity contribution is 5.81. The van der Waals surface area contributed by atoms with Crippen LogP contribution in [0.1, 0.15) is 70.4 Å². The lowest BCUT2D eigenvalue weighted by Gasteiger charge is -2.32. The second kappa shape index (κ2) is 13.8. The molecule has 1 aliphatic rings. The first-order chi connectivity index (χ1) is 18.5. The van der Waals surface area contributed by atoms with Crippen LogP contribution in [0.3, 0.4) is 0 Å². The number of likely N-dealkylation sites (N-methyl/N-ethyl adjacent to an activating group) is 1. The van der Waals surface area contributed by atoms with Crippen LogP contribution in [0.15, 0.2) is 47.2 Å². The third kappa shape index (κ3) is 7.17. The zero-order valence-corrected chi connectivity index (χ0v) is 24.0. The number of hydrogen-bond donors (Lipinski definition) is 0. The van der Waals surface area contributed by atoms with Gasteiger partial charge in [-0.15, -0.1) is 0 Å². The number of piperazine rings is 1. The van der Waals surface area contributed by atoms with Crippen molar-refractivity contribution < 1.29 is 13.9 Å². The second-order valence-corrected chi connectivity index (χ2v) is 10.8. The van der Waals surface area contributed by atoms with Crippen molar-refractivity contribution in [3.05, 3.63) is 53.9 Å². The summed E-state index contributed by atoms with van der Waals surface area (Å²) < 4.78 is 18.6. The van der Waals surface area contributed by atoms with E-state index >= 15 is 0 Å². The highest BCUT2D eigenvalue weighted by Gasteiger charge is 2.22. The molecule has 6 nitrogen and oxygen atoms in total. The number of ether oxygens (including phenoxy) is 2. The SMILES string of the molecule is CCCCOc1cc(OCCCC)c(C(C)C)cc1-c1ncoc1-c1cccc(CN2CCN(C)CC2)c1. The normalized spacial score (nSPS) is 14.8. The number of rotatable bonds is 13. The summed E-state index contributed by atoms with van der Waals surface area (Å²) in [5.74, 6) is 2.79. The van der Waals surface area contributed by atoms with Crippen molar-refractivity contribution in [1.82, 2.24) is 14.8 Å². The molecule has 2 heterocycles. The molecule has 0 atom stereocenters. The van der Waals surface area contributed by atoms with E-state index in [2.05, 4.69) is 80.9 Å². The smallest absolute Gasteiger partial charge is 0.182 e. The van der Waals surface area contributed by atoms with Gasteiger partial charge in [0, 0.05) is 49.9 Å². The fraction of sp³-hybridized carbons (Fsp3) is 0.531. The number of benzene rings is 2. The molecule has 0 spiro atoms. The van der Waals surface area contributed by atoms with Crippen molar-refractivity contribution >= 4 is 0 Å². The molecule has 38 heavy (non-hydrogen) atoms. The Kier molecular flexibility index (Phi) is 10.2. The van der Waals surface area contributed by atoms with Crippen LogP contribution < -0.4 is 9.47 Å². The Bertz CT molecular complexity index is 1150. The average molecular weight is 520 g/mol. The van der Waals surface area contributed by atoms with Gasteiger partial charge in [-0.05, 0) is 49.1 Å². The predicted octanol–water partition coefficient (Wildman–Crippen LogP) is 7.24. The second-order valence-electron chi connectivity index (χ2n) is 10.8. The van der Waals surface area contributed by atoms with E-state index in [9.17, 15) is 0 Å². The van der Waals surface area contributed by atoms with Gasteiger partial charge >= 0.3 is 0 Å². The summed E-state index contributed by atoms with van der Waals surface area (Å²) in [6.07, 6.45) is 5.76. The predicted molar refractivity (Wildman–Crippen MR) is 155 cm³/mol. The molecule has 1 saturated heterocycles. The molecule has 1 aliphatic heterocycles. The van der Waals surface area contributed by atoms with E-state index in [-0.39, 0.29) is 0 Å². The van der Waals surface area contributed by atoms with E-state index in [0.29, 0.717) is 19.1 Å². The zero-order valence-electron chi connectivity index (χ0n) is 24.0. The van der Waals surface area contributed by atoms with Crippen LogP contribution in [-0.2, 0) is 6.54 Å². The molecular formula is C32H45N3O3. The number of unbranched alkanes of at least 4 members (excludes halogenated alkanes) is 2. The summed E-state index contributed by atoms with van der Waals surface area (Å²) in [6, 6.07) is 12.9. The Morgan fingerprint density at radius 3 is 2.32 bits per heavy atom. The first kappa shape index (κ1) is 28.2. The number of oxazole rings is 1. The maximum atomic E-state index is 6.33. The highest BCUT2D eigenvalue weighted by Crippen LogP contribution is 2.42. The molecule has 1 aromatic heterocycles. The quantitative estimate of drug-likeness (QED) is 0.222. The molecule has 3 aromatic rings. The fourth-order valence-corrected chi connectivity index (χ4v) is 4.83. The lowest BCUT2D eigenvalue weighted by atomic mass is 9.95. The monoisotopic (exact) mass is 519 g/mol. The standard InChI is InChI=1S/C32H45N3O3/c1-6-8-17-36-29-21-30(37-18-9-7-2)28(20-27(29)24(3)4)31-32(38-23-33-31)26-12-10-11-25(19-26)22-35-15-13-34(5)14-16-35/h10-12,19-21,23-24H,6-9,13-18,22H2,1-5H3. The lowest BCUT2D eigenvalue weighted by molar-refractivity contribution is 0.148. The van der Waals surface area contributed by atoms with Gasteiger partial charge in [-0.3, -0.25) is 4.90 Å². The molecule has 0 amide bonds. The van der Waals surface area contributed by atoms with Crippen molar-refractivity contribution in [2.24, 2.45) is 0 Å². The molecule has 0 aliphatic carbocycles. The molecule has 6 heteroatoms. The van der Waals surface area contributed by atoms with Crippen LogP contribution in [0.2, 0.25) is 0 Å². The molecule has 1 fully saturated rings. The zero-order chi connectivity index (χ0) is 26.9. The third-order valence-electron chi connectivity index (χ3n) is 7.26. The largest absolute Gasteiger partial charge is 0.493 e. The van der Waals surface area contributed by atoms with Gasteiger partial charge in [-0.2, -0.15) is 0 Å². The van der Waals surface area contributed by atoms with E-state index in [4.69, 9.17) is 18.9 Å². The Morgan fingerprint density at radius 1 is 0.921 bits per heavy atom. The third-order valence-corrected chi connectivity index (χ3v) is 7.26. The summed E-state index contributed by atoms with van der Waals surface area (Å²) in [4.78, 5) is 9.62. The van der Waals surface area contributed by atoms with Crippen LogP contribution in [0.25, 0.3) is 22.6 Å². The van der Waals surface area contributed by atoms with Crippen molar-refractivity contribution in [3.63, 3.8) is 0 Å². The maximum Gasteiger partial charge on any atom is 0.182 e. The van der Waals surface area contributed by atoms with Crippen LogP contribution in [0.4, 0.5) is 0 Å². The molecule has 0 bridgehead atoms. The maximum absolute atomic E-state index is 6.33. The van der Waals surface area contributed by atoms with Crippen LogP contribution in [0, 0.1) is 0 Å². The Morgan fingerprint density at radius 2 is 1.63 bits per heavy atom. The van der Waals surface area contributed by atoms with Crippen molar-refractivity contribution in [1.29, 1.82) is 0 Å². The van der Waals surface area contributed by atoms with Gasteiger partial charge in [0.05, 0.1) is 13.2 Å². The molecule has 0 radical (unpaired) electrons. The van der Waals surface area contributed by atoms with Crippen LogP contribution >= 0.6 is 0 Å². The molecule has 0 N–H and O–H groups in total. The van der Waals surface area contributed by atoms with Gasteiger partial charge < -0.3 is 18.8 Å². The summed E-state index contributed by atoms with van der Waals surface area (Å²) in [7, 11) is 2.19. The molecule has 2 aromatic carbocycles. The minimum Gasteiger partial charge on any atom is -0.493 e. The fourth-order valence-electron chi connectivity index (χ4n) is 4.83. The van der Waals surface area contributed by atoms with Crippen LogP contribution in [0.5, 0.6) is 11.5 Å². The van der Waals surface area contributed by atoms with Gasteiger partial charge in [0.25, 0.3) is 0 Å². The Hall–Kier alpha value is -2.83. The molecule has 0 unspecified atom stereocenters. The van der Waals surface area contributed by atoms with Crippen LogP contribution in [-0.4, -0.2) is 61.2 Å². The Labute approximate surface area is 229 Å². The van der Waals surface area contributed by atoms with Gasteiger partial charge in [0.2, 0.25) is 0 Å². The van der Waals surface area contributed by atoms with E-state index in [1.807, 2.05) is 0 Å². The van der Waals surface area contributed by atoms with Gasteiger partial charge in [0.1, 0.15) is 17.2 Å². The molecule has 206 valence electrons. The molecule has 0 saturated carbocycles. The van der Waals surface area contributed by atoms with E-state index in [1.54, 1.807) is 6.39 Å². The van der Waals surface area contributed by atoms with Gasteiger partial charge in [-0.25, -0.2) is 4.98 Å². The first-order valence-corrected chi connectivity index (χ1v) is 14.4. The lowest BCUT2D eigenvalue weighted by Crippen LogP contribution is -2.43. The summed E-state index contributed by atoms with van der Waals surface area (Å²) in [6.45, 7) is 15.5. The van der Waals surface area contributed by atoms with E-state index in [1.165, 1.54) is 5.56 Å². The number of aromatic nitrogens is 1. The molecular weight excluding hydrogens is 474 g/mol. The minimum atomic E-state index is 0.303. The molecule has 4 rings (SSSR count). The van der Waals surface area contributed by atoms with E-state index in [0.717, 1.165) is 98.1 Å². The van der Waals surface area contributed by atoms with E-state index < -0.39 is 0 Å². The van der Waals surface area contributed by atoms with Gasteiger partial charge in [0.15, 0.2) is 12.2 Å². The number of nitrogens with zero attached hydrogens (tertiary/aromatic N) is 3. The minimum absolute atomic E-state index is 0.303. The topological polar surface area (TPSA) is 51.0 Å². The Balaban J connectivity index is 1.68. The van der Waals surface area contributed by atoms with Crippen molar-refractivity contribution in [2.75, 3.05) is 46.4 Å².